The quantitative estimate of drug-likeness (QED) is 0.924. The first-order chi connectivity index (χ1) is 8.49. The largest absolute Gasteiger partial charge is 0.334 e. The molecule has 1 atom stereocenters. The standard InChI is InChI=1S/C13H16F2N2O.ClH/c1-8(16)13(18)17(11-4-5-11)7-9-2-3-10(14)6-12(9)15;/h2-3,6,8,11H,4-5,7,16H2,1H3;1H/t8-;/m0./s1. The van der Waals surface area contributed by atoms with E-state index in [0.29, 0.717) is 5.56 Å². The Hall–Kier alpha value is -1.20. The zero-order valence-electron chi connectivity index (χ0n) is 10.6. The van der Waals surface area contributed by atoms with Gasteiger partial charge in [0.15, 0.2) is 0 Å². The first kappa shape index (κ1) is 15.9. The van der Waals surface area contributed by atoms with Crippen LogP contribution in [0.15, 0.2) is 18.2 Å². The number of halogens is 3. The molecule has 0 aliphatic heterocycles. The highest BCUT2D eigenvalue weighted by Gasteiger charge is 2.34. The lowest BCUT2D eigenvalue weighted by Crippen LogP contribution is -2.43. The summed E-state index contributed by atoms with van der Waals surface area (Å²) in [5.74, 6) is -1.44. The lowest BCUT2D eigenvalue weighted by molar-refractivity contribution is -0.133. The summed E-state index contributed by atoms with van der Waals surface area (Å²) < 4.78 is 26.4. The molecule has 0 bridgehead atoms. The van der Waals surface area contributed by atoms with Gasteiger partial charge < -0.3 is 10.6 Å². The van der Waals surface area contributed by atoms with Crippen LogP contribution in [-0.4, -0.2) is 22.9 Å². The van der Waals surface area contributed by atoms with Crippen molar-refractivity contribution in [3.63, 3.8) is 0 Å². The van der Waals surface area contributed by atoms with E-state index in [-0.39, 0.29) is 30.9 Å². The predicted molar refractivity (Wildman–Crippen MR) is 70.8 cm³/mol. The zero-order valence-corrected chi connectivity index (χ0v) is 11.4. The van der Waals surface area contributed by atoms with Crippen LogP contribution in [0, 0.1) is 11.6 Å². The number of carbonyl (C=O) groups excluding carboxylic acids is 1. The van der Waals surface area contributed by atoms with Crippen molar-refractivity contribution in [2.45, 2.75) is 38.4 Å². The number of rotatable bonds is 4. The van der Waals surface area contributed by atoms with Gasteiger partial charge in [0.2, 0.25) is 5.91 Å². The van der Waals surface area contributed by atoms with E-state index in [4.69, 9.17) is 5.73 Å². The second-order valence-electron chi connectivity index (χ2n) is 4.72. The van der Waals surface area contributed by atoms with E-state index in [9.17, 15) is 13.6 Å². The number of nitrogens with two attached hydrogens (primary N) is 1. The van der Waals surface area contributed by atoms with E-state index in [2.05, 4.69) is 0 Å². The van der Waals surface area contributed by atoms with Gasteiger partial charge in [0.05, 0.1) is 6.04 Å². The molecule has 0 saturated heterocycles. The Kier molecular flexibility index (Phi) is 5.26. The topological polar surface area (TPSA) is 46.3 Å². The summed E-state index contributed by atoms with van der Waals surface area (Å²) in [5.41, 5.74) is 5.89. The van der Waals surface area contributed by atoms with Gasteiger partial charge in [0.1, 0.15) is 11.6 Å². The van der Waals surface area contributed by atoms with Crippen molar-refractivity contribution in [3.8, 4) is 0 Å². The summed E-state index contributed by atoms with van der Waals surface area (Å²) in [5, 5.41) is 0. The highest BCUT2D eigenvalue weighted by atomic mass is 35.5. The van der Waals surface area contributed by atoms with Crippen molar-refractivity contribution < 1.29 is 13.6 Å². The Morgan fingerprint density at radius 3 is 2.58 bits per heavy atom. The number of hydrogen-bond acceptors (Lipinski definition) is 2. The van der Waals surface area contributed by atoms with Gasteiger partial charge in [0, 0.05) is 24.2 Å². The van der Waals surface area contributed by atoms with Crippen molar-refractivity contribution in [2.24, 2.45) is 5.73 Å². The van der Waals surface area contributed by atoms with Crippen LogP contribution in [0.1, 0.15) is 25.3 Å². The molecule has 1 aliphatic rings. The molecule has 2 rings (SSSR count). The lowest BCUT2D eigenvalue weighted by Gasteiger charge is -2.24. The number of nitrogens with zero attached hydrogens (tertiary/aromatic N) is 1. The molecule has 2 N–H and O–H groups in total. The minimum absolute atomic E-state index is 0. The summed E-state index contributed by atoms with van der Waals surface area (Å²) >= 11 is 0. The molecule has 0 radical (unpaired) electrons. The average Bonchev–Trinajstić information content (AvgIpc) is 3.11. The molecule has 6 heteroatoms. The van der Waals surface area contributed by atoms with Crippen molar-refractivity contribution in [2.75, 3.05) is 0 Å². The molecule has 1 fully saturated rings. The minimum atomic E-state index is -0.627. The molecule has 106 valence electrons. The van der Waals surface area contributed by atoms with Gasteiger partial charge in [0.25, 0.3) is 0 Å². The Bertz CT molecular complexity index is 464. The Morgan fingerprint density at radius 2 is 2.11 bits per heavy atom. The summed E-state index contributed by atoms with van der Waals surface area (Å²) in [7, 11) is 0. The fourth-order valence-electron chi connectivity index (χ4n) is 1.87. The monoisotopic (exact) mass is 290 g/mol. The minimum Gasteiger partial charge on any atom is -0.334 e. The predicted octanol–water partition coefficient (Wildman–Crippen LogP) is 2.22. The molecule has 1 amide bonds. The second kappa shape index (κ2) is 6.30. The van der Waals surface area contributed by atoms with Crippen LogP contribution >= 0.6 is 12.4 Å². The summed E-state index contributed by atoms with van der Waals surface area (Å²) in [4.78, 5) is 13.5. The molecule has 0 aromatic heterocycles. The van der Waals surface area contributed by atoms with Crippen LogP contribution in [0.3, 0.4) is 0 Å². The lowest BCUT2D eigenvalue weighted by atomic mass is 10.1. The fraction of sp³-hybridized carbons (Fsp3) is 0.462. The van der Waals surface area contributed by atoms with Crippen LogP contribution in [0.4, 0.5) is 8.78 Å². The number of benzene rings is 1. The van der Waals surface area contributed by atoms with Crippen LogP contribution in [0.5, 0.6) is 0 Å². The highest BCUT2D eigenvalue weighted by molar-refractivity contribution is 5.85. The first-order valence-corrected chi connectivity index (χ1v) is 5.99. The van der Waals surface area contributed by atoms with Gasteiger partial charge in [-0.3, -0.25) is 4.79 Å². The summed E-state index contributed by atoms with van der Waals surface area (Å²) in [6.07, 6.45) is 1.84. The number of amides is 1. The fourth-order valence-corrected chi connectivity index (χ4v) is 1.87. The molecule has 1 aromatic carbocycles. The van der Waals surface area contributed by atoms with Crippen LogP contribution in [0.2, 0.25) is 0 Å². The zero-order chi connectivity index (χ0) is 13.3. The maximum absolute atomic E-state index is 13.5. The van der Waals surface area contributed by atoms with E-state index >= 15 is 0 Å². The maximum Gasteiger partial charge on any atom is 0.239 e. The van der Waals surface area contributed by atoms with Crippen molar-refractivity contribution in [1.29, 1.82) is 0 Å². The molecule has 1 aliphatic carbocycles. The normalized spacial score (nSPS) is 15.6. The molecule has 0 unspecified atom stereocenters. The van der Waals surface area contributed by atoms with Crippen molar-refractivity contribution >= 4 is 18.3 Å². The summed E-state index contributed by atoms with van der Waals surface area (Å²) in [6.45, 7) is 1.76. The molecular weight excluding hydrogens is 274 g/mol. The molecule has 1 saturated carbocycles. The van der Waals surface area contributed by atoms with Gasteiger partial charge in [-0.05, 0) is 25.8 Å². The Labute approximate surface area is 117 Å². The molecule has 3 nitrogen and oxygen atoms in total. The number of hydrogen-bond donors (Lipinski definition) is 1. The smallest absolute Gasteiger partial charge is 0.239 e. The van der Waals surface area contributed by atoms with Crippen molar-refractivity contribution in [3.05, 3.63) is 35.4 Å². The third kappa shape index (κ3) is 3.88. The van der Waals surface area contributed by atoms with Gasteiger partial charge in [-0.15, -0.1) is 12.4 Å². The third-order valence-corrected chi connectivity index (χ3v) is 3.02. The first-order valence-electron chi connectivity index (χ1n) is 5.99. The van der Waals surface area contributed by atoms with E-state index < -0.39 is 17.7 Å². The highest BCUT2D eigenvalue weighted by Crippen LogP contribution is 2.29. The van der Waals surface area contributed by atoms with E-state index in [1.807, 2.05) is 0 Å². The van der Waals surface area contributed by atoms with Gasteiger partial charge in [-0.25, -0.2) is 8.78 Å². The summed E-state index contributed by atoms with van der Waals surface area (Å²) in [6, 6.07) is 2.94. The van der Waals surface area contributed by atoms with Gasteiger partial charge >= 0.3 is 0 Å². The van der Waals surface area contributed by atoms with Crippen LogP contribution in [0.25, 0.3) is 0 Å². The Morgan fingerprint density at radius 1 is 1.47 bits per heavy atom. The van der Waals surface area contributed by atoms with Crippen molar-refractivity contribution in [1.82, 2.24) is 4.90 Å². The average molecular weight is 291 g/mol. The third-order valence-electron chi connectivity index (χ3n) is 3.02. The van der Waals surface area contributed by atoms with Gasteiger partial charge in [-0.2, -0.15) is 0 Å². The second-order valence-corrected chi connectivity index (χ2v) is 4.72. The number of carbonyl (C=O) groups is 1. The van der Waals surface area contributed by atoms with Crippen LogP contribution < -0.4 is 5.73 Å². The SMILES string of the molecule is C[C@H](N)C(=O)N(Cc1ccc(F)cc1F)C1CC1.Cl. The van der Waals surface area contributed by atoms with E-state index in [1.165, 1.54) is 12.1 Å². The van der Waals surface area contributed by atoms with E-state index in [1.54, 1.807) is 11.8 Å². The molecule has 0 spiro atoms. The van der Waals surface area contributed by atoms with E-state index in [0.717, 1.165) is 18.9 Å². The Balaban J connectivity index is 0.00000180. The van der Waals surface area contributed by atoms with Gasteiger partial charge in [-0.1, -0.05) is 6.07 Å². The molecule has 1 aromatic rings. The molecule has 0 heterocycles. The maximum atomic E-state index is 13.5. The van der Waals surface area contributed by atoms with Crippen LogP contribution in [-0.2, 0) is 11.3 Å². The molecular formula is C13H17ClF2N2O. The molecule has 19 heavy (non-hydrogen) atoms.